The number of amides is 2. The van der Waals surface area contributed by atoms with Crippen LogP contribution < -0.4 is 0 Å². The van der Waals surface area contributed by atoms with Gasteiger partial charge in [0, 0.05) is 22.8 Å². The molecule has 4 heterocycles. The summed E-state index contributed by atoms with van der Waals surface area (Å²) < 4.78 is 0. The molecule has 2 aliphatic heterocycles. The van der Waals surface area contributed by atoms with Gasteiger partial charge in [-0.2, -0.15) is 23.5 Å². The highest BCUT2D eigenvalue weighted by atomic mass is 32.2. The molecular weight excluding hydrogens is 741 g/mol. The lowest BCUT2D eigenvalue weighted by molar-refractivity contribution is -0.125. The Hall–Kier alpha value is -1.74. The van der Waals surface area contributed by atoms with E-state index >= 15 is 0 Å². The molecule has 0 aliphatic carbocycles. The predicted octanol–water partition coefficient (Wildman–Crippen LogP) is 14.1. The van der Waals surface area contributed by atoms with Crippen LogP contribution in [0, 0.1) is 13.8 Å². The minimum atomic E-state index is -0.0248. The van der Waals surface area contributed by atoms with E-state index in [0.717, 1.165) is 58.3 Å². The van der Waals surface area contributed by atoms with Crippen LogP contribution in [0.1, 0.15) is 162 Å². The second-order valence-electron chi connectivity index (χ2n) is 15.2. The van der Waals surface area contributed by atoms with Crippen molar-refractivity contribution in [3.8, 4) is 0 Å². The molecule has 4 nitrogen and oxygen atoms in total. The maximum absolute atomic E-state index is 14.2. The maximum atomic E-state index is 14.2. The van der Waals surface area contributed by atoms with Gasteiger partial charge in [0.2, 0.25) is 0 Å². The topological polar surface area (TPSA) is 40.6 Å². The third-order valence-corrected chi connectivity index (χ3v) is 14.9. The zero-order chi connectivity index (χ0) is 38.4. The molecule has 2 aliphatic rings. The molecule has 54 heavy (non-hydrogen) atoms. The van der Waals surface area contributed by atoms with Gasteiger partial charge in [0.1, 0.15) is 0 Å². The number of thiophene rings is 2. The molecule has 2 amide bonds. The fourth-order valence-electron chi connectivity index (χ4n) is 7.27. The molecule has 2 aromatic rings. The molecule has 2 aromatic heterocycles. The highest BCUT2D eigenvalue weighted by molar-refractivity contribution is 7.99. The molecule has 8 heteroatoms. The summed E-state index contributed by atoms with van der Waals surface area (Å²) in [5.74, 6) is 4.71. The molecule has 0 atom stereocenters. The number of rotatable bonds is 30. The van der Waals surface area contributed by atoms with Crippen LogP contribution >= 0.6 is 46.2 Å². The van der Waals surface area contributed by atoms with Crippen molar-refractivity contribution in [2.45, 2.75) is 156 Å². The van der Waals surface area contributed by atoms with Gasteiger partial charge in [-0.05, 0) is 112 Å². The summed E-state index contributed by atoms with van der Waals surface area (Å²) in [5.41, 5.74) is 3.02. The Balaban J connectivity index is 1.30. The molecule has 0 unspecified atom stereocenters. The molecule has 0 radical (unpaired) electrons. The van der Waals surface area contributed by atoms with Crippen LogP contribution in [-0.4, -0.2) is 57.7 Å². The molecule has 0 aromatic carbocycles. The van der Waals surface area contributed by atoms with E-state index in [9.17, 15) is 9.59 Å². The average molecular weight is 811 g/mol. The molecule has 0 saturated carbocycles. The molecule has 0 saturated heterocycles. The van der Waals surface area contributed by atoms with Gasteiger partial charge in [-0.3, -0.25) is 9.59 Å². The Morgan fingerprint density at radius 1 is 0.463 bits per heavy atom. The van der Waals surface area contributed by atoms with Gasteiger partial charge in [0.05, 0.1) is 32.3 Å². The number of nitrogens with zero attached hydrogens (tertiary/aromatic N) is 2. The van der Waals surface area contributed by atoms with Crippen molar-refractivity contribution in [3.63, 3.8) is 0 Å². The lowest BCUT2D eigenvalue weighted by atomic mass is 10.1. The lowest BCUT2D eigenvalue weighted by Crippen LogP contribution is -2.29. The zero-order valence-corrected chi connectivity index (χ0v) is 37.5. The van der Waals surface area contributed by atoms with Crippen molar-refractivity contribution >= 4 is 69.4 Å². The third kappa shape index (κ3) is 15.0. The summed E-state index contributed by atoms with van der Waals surface area (Å²) in [7, 11) is 0. The van der Waals surface area contributed by atoms with Gasteiger partial charge < -0.3 is 9.80 Å². The molecule has 0 fully saturated rings. The minimum absolute atomic E-state index is 0.0248. The number of aryl methyl sites for hydroxylation is 2. The van der Waals surface area contributed by atoms with Crippen molar-refractivity contribution < 1.29 is 9.59 Å². The van der Waals surface area contributed by atoms with Crippen molar-refractivity contribution in [1.29, 1.82) is 0 Å². The second kappa shape index (κ2) is 26.2. The SMILES string of the molecule is CCCCCCCCCCSCCCCN1C(=O)/C(=C2\C=C(c3ccc(C)s3)N(CCCCSCCCCCCCCCC)C2=O)C=C1c1ccc(C)s1. The van der Waals surface area contributed by atoms with Gasteiger partial charge in [-0.25, -0.2) is 0 Å². The predicted molar refractivity (Wildman–Crippen MR) is 243 cm³/mol. The first-order chi connectivity index (χ1) is 26.4. The highest BCUT2D eigenvalue weighted by Crippen LogP contribution is 2.40. The van der Waals surface area contributed by atoms with E-state index in [2.05, 4.69) is 75.5 Å². The van der Waals surface area contributed by atoms with Gasteiger partial charge in [0.25, 0.3) is 11.8 Å². The highest BCUT2D eigenvalue weighted by Gasteiger charge is 2.37. The van der Waals surface area contributed by atoms with E-state index in [0.29, 0.717) is 24.2 Å². The van der Waals surface area contributed by atoms with Gasteiger partial charge in [-0.1, -0.05) is 104 Å². The molecule has 300 valence electrons. The number of carbonyl (C=O) groups excluding carboxylic acids is 2. The summed E-state index contributed by atoms with van der Waals surface area (Å²) in [5, 5.41) is 0. The quantitative estimate of drug-likeness (QED) is 0.0582. The Morgan fingerprint density at radius 3 is 1.13 bits per heavy atom. The average Bonchev–Trinajstić information content (AvgIpc) is 3.95. The molecule has 0 bridgehead atoms. The second-order valence-corrected chi connectivity index (χ2v) is 20.2. The summed E-state index contributed by atoms with van der Waals surface area (Å²) in [6.07, 6.45) is 30.0. The fraction of sp³-hybridized carbons (Fsp3) is 0.652. The summed E-state index contributed by atoms with van der Waals surface area (Å²) in [6.45, 7) is 10.2. The largest absolute Gasteiger partial charge is 0.307 e. The van der Waals surface area contributed by atoms with E-state index in [4.69, 9.17) is 0 Å². The van der Waals surface area contributed by atoms with Crippen LogP contribution in [0.5, 0.6) is 0 Å². The first-order valence-electron chi connectivity index (χ1n) is 21.5. The Kier molecular flexibility index (Phi) is 21.8. The van der Waals surface area contributed by atoms with E-state index in [1.165, 1.54) is 124 Å². The Morgan fingerprint density at radius 2 is 0.796 bits per heavy atom. The normalized spacial score (nSPS) is 16.0. The summed E-state index contributed by atoms with van der Waals surface area (Å²) in [4.78, 5) is 37.0. The molecule has 0 spiro atoms. The van der Waals surface area contributed by atoms with Crippen LogP contribution in [0.25, 0.3) is 11.4 Å². The minimum Gasteiger partial charge on any atom is -0.307 e. The van der Waals surface area contributed by atoms with Crippen molar-refractivity contribution in [2.24, 2.45) is 0 Å². The summed E-state index contributed by atoms with van der Waals surface area (Å²) in [6, 6.07) is 8.52. The first-order valence-corrected chi connectivity index (χ1v) is 25.5. The number of hydrogen-bond donors (Lipinski definition) is 0. The van der Waals surface area contributed by atoms with Crippen LogP contribution in [0.3, 0.4) is 0 Å². The van der Waals surface area contributed by atoms with Crippen LogP contribution in [0.15, 0.2) is 47.6 Å². The Labute approximate surface area is 346 Å². The fourth-order valence-corrected chi connectivity index (χ4v) is 11.1. The van der Waals surface area contributed by atoms with E-state index in [1.54, 1.807) is 22.7 Å². The van der Waals surface area contributed by atoms with E-state index < -0.39 is 0 Å². The number of hydrogen-bond acceptors (Lipinski definition) is 6. The van der Waals surface area contributed by atoms with Crippen molar-refractivity contribution in [2.75, 3.05) is 36.1 Å². The van der Waals surface area contributed by atoms with Crippen molar-refractivity contribution in [3.05, 3.63) is 67.1 Å². The zero-order valence-electron chi connectivity index (χ0n) is 34.2. The van der Waals surface area contributed by atoms with Gasteiger partial charge in [-0.15, -0.1) is 22.7 Å². The standard InChI is InChI=1S/C46H70N2O2S4/c1-5-7-9-11-13-15-17-21-31-51-33-23-19-29-47-41(43-27-25-37(3)53-43)35-39(45(47)49)40-36-42(44-28-26-38(4)54-44)48(46(40)50)30-20-24-34-52-32-22-18-16-14-12-10-8-6-2/h25-28,35-36H,5-24,29-34H2,1-4H3/b40-39+. The van der Waals surface area contributed by atoms with Crippen LogP contribution in [0.2, 0.25) is 0 Å². The Bertz CT molecular complexity index is 1390. The third-order valence-electron chi connectivity index (χ3n) is 10.5. The molecule has 4 rings (SSSR count). The van der Waals surface area contributed by atoms with Crippen LogP contribution in [-0.2, 0) is 9.59 Å². The van der Waals surface area contributed by atoms with Crippen molar-refractivity contribution in [1.82, 2.24) is 9.80 Å². The lowest BCUT2D eigenvalue weighted by Gasteiger charge is -2.20. The van der Waals surface area contributed by atoms with Gasteiger partial charge in [0.15, 0.2) is 0 Å². The van der Waals surface area contributed by atoms with Gasteiger partial charge >= 0.3 is 0 Å². The molecular formula is C46H70N2O2S4. The van der Waals surface area contributed by atoms with E-state index in [1.807, 2.05) is 22.0 Å². The number of carbonyl (C=O) groups is 2. The number of unbranched alkanes of at least 4 members (excludes halogenated alkanes) is 16. The molecule has 0 N–H and O–H groups in total. The number of thioether (sulfide) groups is 2. The maximum Gasteiger partial charge on any atom is 0.259 e. The summed E-state index contributed by atoms with van der Waals surface area (Å²) >= 11 is 7.58. The van der Waals surface area contributed by atoms with Crippen LogP contribution in [0.4, 0.5) is 0 Å². The van der Waals surface area contributed by atoms with E-state index in [-0.39, 0.29) is 11.8 Å². The monoisotopic (exact) mass is 810 g/mol. The smallest absolute Gasteiger partial charge is 0.259 e. The first kappa shape index (κ1) is 45.0.